The van der Waals surface area contributed by atoms with Crippen LogP contribution in [0, 0.1) is 18.8 Å². The Bertz CT molecular complexity index is 414. The average molecular weight is 284 g/mol. The van der Waals surface area contributed by atoms with Gasteiger partial charge in [0.05, 0.1) is 16.4 Å². The summed E-state index contributed by atoms with van der Waals surface area (Å²) in [4.78, 5) is 0. The Labute approximate surface area is 121 Å². The molecule has 0 spiro atoms. The highest BCUT2D eigenvalue weighted by Gasteiger charge is 2.25. The Balaban J connectivity index is 2.13. The molecule has 0 aromatic carbocycles. The first kappa shape index (κ1) is 14.9. The molecule has 1 N–H and O–H groups in total. The maximum Gasteiger partial charge on any atom is 0.0847 e. The standard InChI is InChI=1S/C15H26ClN3/c1-11-15(16)14(19(3)18-11)9-12-7-5-4-6-8-13(12)10-17-2/h12-13,17H,4-10H2,1-3H3. The predicted molar refractivity (Wildman–Crippen MR) is 80.7 cm³/mol. The molecule has 2 unspecified atom stereocenters. The van der Waals surface area contributed by atoms with Gasteiger partial charge in [0.2, 0.25) is 0 Å². The lowest BCUT2D eigenvalue weighted by atomic mass is 9.84. The summed E-state index contributed by atoms with van der Waals surface area (Å²) in [7, 11) is 4.07. The van der Waals surface area contributed by atoms with Crippen LogP contribution in [-0.2, 0) is 13.5 Å². The lowest BCUT2D eigenvalue weighted by Gasteiger charge is -2.25. The molecule has 1 aromatic rings. The van der Waals surface area contributed by atoms with Crippen LogP contribution in [-0.4, -0.2) is 23.4 Å². The maximum absolute atomic E-state index is 6.40. The molecule has 1 heterocycles. The van der Waals surface area contributed by atoms with Crippen LogP contribution in [0.5, 0.6) is 0 Å². The molecule has 0 radical (unpaired) electrons. The van der Waals surface area contributed by atoms with E-state index in [0.29, 0.717) is 0 Å². The molecular weight excluding hydrogens is 258 g/mol. The van der Waals surface area contributed by atoms with E-state index in [2.05, 4.69) is 17.5 Å². The van der Waals surface area contributed by atoms with Gasteiger partial charge in [-0.05, 0) is 51.6 Å². The Kier molecular flexibility index (Phi) is 5.28. The molecule has 1 saturated carbocycles. The summed E-state index contributed by atoms with van der Waals surface area (Å²) < 4.78 is 1.97. The van der Waals surface area contributed by atoms with Crippen molar-refractivity contribution in [1.82, 2.24) is 15.1 Å². The first-order valence-electron chi connectivity index (χ1n) is 7.46. The fourth-order valence-electron chi connectivity index (χ4n) is 3.41. The van der Waals surface area contributed by atoms with Crippen molar-refractivity contribution in [3.05, 3.63) is 16.4 Å². The molecule has 0 bridgehead atoms. The summed E-state index contributed by atoms with van der Waals surface area (Å²) in [5.41, 5.74) is 2.17. The SMILES string of the molecule is CNCC1CCCCCC1Cc1c(Cl)c(C)nn1C. The summed E-state index contributed by atoms with van der Waals surface area (Å²) >= 11 is 6.40. The second kappa shape index (κ2) is 6.76. The number of nitrogens with one attached hydrogen (secondary N) is 1. The van der Waals surface area contributed by atoms with Gasteiger partial charge >= 0.3 is 0 Å². The summed E-state index contributed by atoms with van der Waals surface area (Å²) in [6.45, 7) is 3.11. The van der Waals surface area contributed by atoms with Gasteiger partial charge in [-0.2, -0.15) is 5.10 Å². The molecule has 0 aliphatic heterocycles. The largest absolute Gasteiger partial charge is 0.319 e. The zero-order chi connectivity index (χ0) is 13.8. The lowest BCUT2D eigenvalue weighted by Crippen LogP contribution is -2.27. The van der Waals surface area contributed by atoms with Crippen LogP contribution >= 0.6 is 11.6 Å². The smallest absolute Gasteiger partial charge is 0.0847 e. The number of aromatic nitrogens is 2. The van der Waals surface area contributed by atoms with Crippen LogP contribution in [0.3, 0.4) is 0 Å². The van der Waals surface area contributed by atoms with E-state index in [1.807, 2.05) is 18.7 Å². The molecule has 3 nitrogen and oxygen atoms in total. The highest BCUT2D eigenvalue weighted by atomic mass is 35.5. The molecule has 2 rings (SSSR count). The van der Waals surface area contributed by atoms with Crippen molar-refractivity contribution >= 4 is 11.6 Å². The molecule has 1 aromatic heterocycles. The van der Waals surface area contributed by atoms with Gasteiger partial charge < -0.3 is 5.32 Å². The Hall–Kier alpha value is -0.540. The van der Waals surface area contributed by atoms with E-state index in [1.165, 1.54) is 37.8 Å². The van der Waals surface area contributed by atoms with Crippen LogP contribution in [0.25, 0.3) is 0 Å². The molecule has 2 atom stereocenters. The number of aryl methyl sites for hydroxylation is 2. The van der Waals surface area contributed by atoms with Gasteiger partial charge in [-0.15, -0.1) is 0 Å². The van der Waals surface area contributed by atoms with E-state index in [0.717, 1.165) is 35.5 Å². The monoisotopic (exact) mass is 283 g/mol. The minimum Gasteiger partial charge on any atom is -0.319 e. The molecule has 108 valence electrons. The summed E-state index contributed by atoms with van der Waals surface area (Å²) in [5.74, 6) is 1.51. The van der Waals surface area contributed by atoms with E-state index in [1.54, 1.807) is 0 Å². The van der Waals surface area contributed by atoms with Gasteiger partial charge in [-0.3, -0.25) is 4.68 Å². The van der Waals surface area contributed by atoms with Gasteiger partial charge in [0.1, 0.15) is 0 Å². The van der Waals surface area contributed by atoms with Crippen molar-refractivity contribution in [2.45, 2.75) is 45.4 Å². The third-order valence-electron chi connectivity index (χ3n) is 4.50. The first-order chi connectivity index (χ1) is 9.13. The van der Waals surface area contributed by atoms with Crippen LogP contribution < -0.4 is 5.32 Å². The van der Waals surface area contributed by atoms with Crippen molar-refractivity contribution in [3.8, 4) is 0 Å². The Morgan fingerprint density at radius 3 is 2.53 bits per heavy atom. The lowest BCUT2D eigenvalue weighted by molar-refractivity contribution is 0.299. The van der Waals surface area contributed by atoms with Crippen LogP contribution in [0.4, 0.5) is 0 Å². The highest BCUT2D eigenvalue weighted by Crippen LogP contribution is 2.33. The van der Waals surface area contributed by atoms with E-state index in [9.17, 15) is 0 Å². The van der Waals surface area contributed by atoms with Gasteiger partial charge in [-0.1, -0.05) is 30.9 Å². The van der Waals surface area contributed by atoms with E-state index >= 15 is 0 Å². The van der Waals surface area contributed by atoms with Crippen LogP contribution in [0.1, 0.15) is 43.5 Å². The number of hydrogen-bond donors (Lipinski definition) is 1. The highest BCUT2D eigenvalue weighted by molar-refractivity contribution is 6.31. The van der Waals surface area contributed by atoms with Gasteiger partial charge in [0.25, 0.3) is 0 Å². The maximum atomic E-state index is 6.40. The minimum atomic E-state index is 0.738. The summed E-state index contributed by atoms with van der Waals surface area (Å²) in [5, 5.41) is 8.67. The number of rotatable bonds is 4. The molecule has 0 amide bonds. The van der Waals surface area contributed by atoms with Crippen LogP contribution in [0.15, 0.2) is 0 Å². The first-order valence-corrected chi connectivity index (χ1v) is 7.83. The molecular formula is C15H26ClN3. The number of nitrogens with zero attached hydrogens (tertiary/aromatic N) is 2. The Morgan fingerprint density at radius 1 is 1.26 bits per heavy atom. The quantitative estimate of drug-likeness (QED) is 0.859. The van der Waals surface area contributed by atoms with Crippen LogP contribution in [0.2, 0.25) is 5.02 Å². The third kappa shape index (κ3) is 3.51. The fourth-order valence-corrected chi connectivity index (χ4v) is 3.65. The van der Waals surface area contributed by atoms with Crippen molar-refractivity contribution in [1.29, 1.82) is 0 Å². The molecule has 1 aliphatic rings. The molecule has 0 saturated heterocycles. The van der Waals surface area contributed by atoms with Gasteiger partial charge in [0, 0.05) is 7.05 Å². The summed E-state index contributed by atoms with van der Waals surface area (Å²) in [6.07, 6.45) is 7.87. The zero-order valence-corrected chi connectivity index (χ0v) is 13.1. The topological polar surface area (TPSA) is 29.9 Å². The second-order valence-electron chi connectivity index (χ2n) is 5.89. The Morgan fingerprint density at radius 2 is 1.95 bits per heavy atom. The minimum absolute atomic E-state index is 0.738. The average Bonchev–Trinajstić information content (AvgIpc) is 2.58. The molecule has 1 fully saturated rings. The predicted octanol–water partition coefficient (Wildman–Crippen LogP) is 3.34. The van der Waals surface area contributed by atoms with Gasteiger partial charge in [0.15, 0.2) is 0 Å². The van der Waals surface area contributed by atoms with Gasteiger partial charge in [-0.25, -0.2) is 0 Å². The molecule has 1 aliphatic carbocycles. The second-order valence-corrected chi connectivity index (χ2v) is 6.27. The van der Waals surface area contributed by atoms with Crippen molar-refractivity contribution < 1.29 is 0 Å². The molecule has 4 heteroatoms. The van der Waals surface area contributed by atoms with Crippen molar-refractivity contribution in [2.24, 2.45) is 18.9 Å². The molecule has 19 heavy (non-hydrogen) atoms. The third-order valence-corrected chi connectivity index (χ3v) is 4.99. The fraction of sp³-hybridized carbons (Fsp3) is 0.800. The zero-order valence-electron chi connectivity index (χ0n) is 12.4. The van der Waals surface area contributed by atoms with E-state index in [4.69, 9.17) is 11.6 Å². The normalized spacial score (nSPS) is 24.4. The number of halogens is 1. The van der Waals surface area contributed by atoms with Crippen molar-refractivity contribution in [3.63, 3.8) is 0 Å². The summed E-state index contributed by atoms with van der Waals surface area (Å²) in [6, 6.07) is 0. The van der Waals surface area contributed by atoms with E-state index in [-0.39, 0.29) is 0 Å². The van der Waals surface area contributed by atoms with E-state index < -0.39 is 0 Å². The number of hydrogen-bond acceptors (Lipinski definition) is 2. The van der Waals surface area contributed by atoms with Crippen molar-refractivity contribution in [2.75, 3.05) is 13.6 Å².